The zero-order chi connectivity index (χ0) is 19.3. The summed E-state index contributed by atoms with van der Waals surface area (Å²) in [5.74, 6) is -0.131. The fourth-order valence-corrected chi connectivity index (χ4v) is 3.43. The molecule has 1 aromatic rings. The number of hydrogen-bond donors (Lipinski definition) is 2. The van der Waals surface area contributed by atoms with Gasteiger partial charge in [-0.3, -0.25) is 9.35 Å². The summed E-state index contributed by atoms with van der Waals surface area (Å²) in [5.41, 5.74) is 0.383. The van der Waals surface area contributed by atoms with Crippen LogP contribution >= 0.6 is 0 Å². The SMILES string of the molecule is CCCCCCCCCCCCCC(=O)Nc1cccc(S(=O)(=O)O)c1. The molecular weight excluding hydrogens is 350 g/mol. The van der Waals surface area contributed by atoms with Crippen LogP contribution in [0.3, 0.4) is 0 Å². The molecule has 0 aliphatic rings. The molecule has 1 rings (SSSR count). The van der Waals surface area contributed by atoms with Crippen LogP contribution in [0.25, 0.3) is 0 Å². The van der Waals surface area contributed by atoms with Crippen LogP contribution in [0, 0.1) is 0 Å². The van der Waals surface area contributed by atoms with E-state index in [0.717, 1.165) is 19.3 Å². The summed E-state index contributed by atoms with van der Waals surface area (Å²) < 4.78 is 31.2. The summed E-state index contributed by atoms with van der Waals surface area (Å²) in [6, 6.07) is 5.64. The maximum Gasteiger partial charge on any atom is 0.294 e. The third-order valence-corrected chi connectivity index (χ3v) is 5.27. The molecule has 2 N–H and O–H groups in total. The first kappa shape index (κ1) is 22.6. The molecule has 5 nitrogen and oxygen atoms in total. The predicted molar refractivity (Wildman–Crippen MR) is 106 cm³/mol. The fraction of sp³-hybridized carbons (Fsp3) is 0.650. The highest BCUT2D eigenvalue weighted by Crippen LogP contribution is 2.16. The van der Waals surface area contributed by atoms with Gasteiger partial charge < -0.3 is 5.32 Å². The van der Waals surface area contributed by atoms with Gasteiger partial charge in [-0.1, -0.05) is 77.2 Å². The predicted octanol–water partition coefficient (Wildman–Crippen LogP) is 5.57. The molecule has 0 unspecified atom stereocenters. The highest BCUT2D eigenvalue weighted by molar-refractivity contribution is 7.85. The molecule has 26 heavy (non-hydrogen) atoms. The maximum absolute atomic E-state index is 11.9. The van der Waals surface area contributed by atoms with E-state index in [1.807, 2.05) is 0 Å². The molecule has 0 bridgehead atoms. The van der Waals surface area contributed by atoms with Crippen molar-refractivity contribution in [2.75, 3.05) is 5.32 Å². The van der Waals surface area contributed by atoms with Crippen LogP contribution in [0.1, 0.15) is 84.0 Å². The Morgan fingerprint density at radius 3 is 2.00 bits per heavy atom. The van der Waals surface area contributed by atoms with E-state index in [-0.39, 0.29) is 10.8 Å². The van der Waals surface area contributed by atoms with Crippen molar-refractivity contribution < 1.29 is 17.8 Å². The first-order valence-corrected chi connectivity index (χ1v) is 11.2. The monoisotopic (exact) mass is 383 g/mol. The Hall–Kier alpha value is -1.40. The van der Waals surface area contributed by atoms with Gasteiger partial charge in [-0.25, -0.2) is 0 Å². The Labute approximate surface area is 158 Å². The van der Waals surface area contributed by atoms with Crippen molar-refractivity contribution in [3.05, 3.63) is 24.3 Å². The Balaban J connectivity index is 2.09. The molecule has 1 aromatic carbocycles. The van der Waals surface area contributed by atoms with Crippen molar-refractivity contribution in [3.63, 3.8) is 0 Å². The number of amides is 1. The molecule has 0 saturated heterocycles. The second-order valence-electron chi connectivity index (χ2n) is 6.84. The summed E-state index contributed by atoms with van der Waals surface area (Å²) in [7, 11) is -4.25. The average molecular weight is 384 g/mol. The lowest BCUT2D eigenvalue weighted by Crippen LogP contribution is -2.11. The van der Waals surface area contributed by atoms with Crippen LogP contribution in [0.5, 0.6) is 0 Å². The molecule has 0 spiro atoms. The van der Waals surface area contributed by atoms with Gasteiger partial charge in [0.05, 0.1) is 4.90 Å². The first-order valence-electron chi connectivity index (χ1n) is 9.81. The van der Waals surface area contributed by atoms with Gasteiger partial charge in [-0.2, -0.15) is 8.42 Å². The van der Waals surface area contributed by atoms with E-state index in [4.69, 9.17) is 4.55 Å². The summed E-state index contributed by atoms with van der Waals surface area (Å²) in [6.07, 6.45) is 14.0. The molecule has 0 aliphatic carbocycles. The van der Waals surface area contributed by atoms with Crippen LogP contribution in [-0.4, -0.2) is 18.9 Å². The van der Waals surface area contributed by atoms with E-state index >= 15 is 0 Å². The van der Waals surface area contributed by atoms with Crippen molar-refractivity contribution in [1.29, 1.82) is 0 Å². The number of nitrogens with one attached hydrogen (secondary N) is 1. The Kier molecular flexibility index (Phi) is 11.2. The molecule has 0 fully saturated rings. The largest absolute Gasteiger partial charge is 0.326 e. The summed E-state index contributed by atoms with van der Waals surface area (Å²) in [5, 5.41) is 2.68. The standard InChI is InChI=1S/C20H33NO4S/c1-2-3-4-5-6-7-8-9-10-11-12-16-20(22)21-18-14-13-15-19(17-18)26(23,24)25/h13-15,17H,2-12,16H2,1H3,(H,21,22)(H,23,24,25). The van der Waals surface area contributed by atoms with Crippen LogP contribution in [0.15, 0.2) is 29.2 Å². The van der Waals surface area contributed by atoms with Crippen molar-refractivity contribution in [3.8, 4) is 0 Å². The van der Waals surface area contributed by atoms with Gasteiger partial charge in [-0.05, 0) is 24.6 Å². The van der Waals surface area contributed by atoms with Gasteiger partial charge in [0.15, 0.2) is 0 Å². The van der Waals surface area contributed by atoms with Gasteiger partial charge in [0.25, 0.3) is 10.1 Å². The lowest BCUT2D eigenvalue weighted by molar-refractivity contribution is -0.116. The Morgan fingerprint density at radius 1 is 0.923 bits per heavy atom. The van der Waals surface area contributed by atoms with E-state index in [1.54, 1.807) is 6.07 Å². The Bertz CT molecular complexity index is 628. The first-order chi connectivity index (χ1) is 12.4. The summed E-state index contributed by atoms with van der Waals surface area (Å²) in [4.78, 5) is 11.7. The number of benzene rings is 1. The van der Waals surface area contributed by atoms with Gasteiger partial charge in [0.2, 0.25) is 5.91 Å². The quantitative estimate of drug-likeness (QED) is 0.325. The zero-order valence-electron chi connectivity index (χ0n) is 15.9. The van der Waals surface area contributed by atoms with E-state index < -0.39 is 10.1 Å². The second-order valence-corrected chi connectivity index (χ2v) is 8.26. The third-order valence-electron chi connectivity index (χ3n) is 4.42. The molecule has 0 atom stereocenters. The smallest absolute Gasteiger partial charge is 0.294 e. The fourth-order valence-electron chi connectivity index (χ4n) is 2.91. The third kappa shape index (κ3) is 10.6. The van der Waals surface area contributed by atoms with Crippen LogP contribution in [0.4, 0.5) is 5.69 Å². The molecule has 0 saturated carbocycles. The molecule has 0 aromatic heterocycles. The van der Waals surface area contributed by atoms with Crippen LogP contribution < -0.4 is 5.32 Å². The lowest BCUT2D eigenvalue weighted by atomic mass is 10.1. The van der Waals surface area contributed by atoms with Crippen LogP contribution in [-0.2, 0) is 14.9 Å². The van der Waals surface area contributed by atoms with Gasteiger partial charge in [-0.15, -0.1) is 0 Å². The highest BCUT2D eigenvalue weighted by Gasteiger charge is 2.10. The summed E-state index contributed by atoms with van der Waals surface area (Å²) in [6.45, 7) is 2.23. The molecule has 0 aliphatic heterocycles. The number of anilines is 1. The topological polar surface area (TPSA) is 83.5 Å². The number of rotatable bonds is 14. The molecule has 0 radical (unpaired) electrons. The number of carbonyl (C=O) groups excluding carboxylic acids is 1. The van der Waals surface area contributed by atoms with Gasteiger partial charge in [0, 0.05) is 12.1 Å². The molecule has 148 valence electrons. The van der Waals surface area contributed by atoms with Crippen molar-refractivity contribution in [2.45, 2.75) is 88.9 Å². The highest BCUT2D eigenvalue weighted by atomic mass is 32.2. The molecular formula is C20H33NO4S. The Morgan fingerprint density at radius 2 is 1.46 bits per heavy atom. The molecule has 0 heterocycles. The van der Waals surface area contributed by atoms with E-state index in [1.165, 1.54) is 69.6 Å². The van der Waals surface area contributed by atoms with Gasteiger partial charge >= 0.3 is 0 Å². The van der Waals surface area contributed by atoms with Crippen molar-refractivity contribution in [2.24, 2.45) is 0 Å². The minimum absolute atomic E-state index is 0.131. The van der Waals surface area contributed by atoms with Crippen molar-refractivity contribution >= 4 is 21.7 Å². The molecule has 1 amide bonds. The number of carbonyl (C=O) groups is 1. The van der Waals surface area contributed by atoms with E-state index in [9.17, 15) is 13.2 Å². The zero-order valence-corrected chi connectivity index (χ0v) is 16.7. The van der Waals surface area contributed by atoms with Crippen molar-refractivity contribution in [1.82, 2.24) is 0 Å². The van der Waals surface area contributed by atoms with E-state index in [0.29, 0.717) is 12.1 Å². The van der Waals surface area contributed by atoms with Gasteiger partial charge in [0.1, 0.15) is 0 Å². The normalized spacial score (nSPS) is 11.5. The maximum atomic E-state index is 11.9. The number of hydrogen-bond acceptors (Lipinski definition) is 3. The minimum atomic E-state index is -4.25. The van der Waals surface area contributed by atoms with E-state index in [2.05, 4.69) is 12.2 Å². The average Bonchev–Trinajstić information content (AvgIpc) is 2.59. The van der Waals surface area contributed by atoms with Crippen LogP contribution in [0.2, 0.25) is 0 Å². The molecule has 6 heteroatoms. The number of unbranched alkanes of at least 4 members (excludes halogenated alkanes) is 10. The summed E-state index contributed by atoms with van der Waals surface area (Å²) >= 11 is 0. The minimum Gasteiger partial charge on any atom is -0.326 e. The second kappa shape index (κ2) is 12.9. The lowest BCUT2D eigenvalue weighted by Gasteiger charge is -2.06.